The maximum absolute atomic E-state index is 17.1. The molecule has 45 heavy (non-hydrogen) atoms. The number of pyridine rings is 2. The maximum Gasteiger partial charge on any atom is 0.245 e. The van der Waals surface area contributed by atoms with Crippen molar-refractivity contribution in [2.24, 2.45) is 0 Å². The first-order chi connectivity index (χ1) is 21.7. The molecule has 2 aliphatic heterocycles. The molecular formula is C34H36F2N8O. The van der Waals surface area contributed by atoms with Crippen molar-refractivity contribution in [3.05, 3.63) is 53.2 Å². The Morgan fingerprint density at radius 2 is 1.91 bits per heavy atom. The van der Waals surface area contributed by atoms with E-state index in [1.807, 2.05) is 36.7 Å². The van der Waals surface area contributed by atoms with Gasteiger partial charge in [-0.2, -0.15) is 5.26 Å². The van der Waals surface area contributed by atoms with Gasteiger partial charge in [0.25, 0.3) is 0 Å². The highest BCUT2D eigenvalue weighted by molar-refractivity contribution is 6.07. The predicted octanol–water partition coefficient (Wildman–Crippen LogP) is 6.16. The summed E-state index contributed by atoms with van der Waals surface area (Å²) in [4.78, 5) is 11.6. The normalized spacial score (nSPS) is 21.5. The number of rotatable bonds is 6. The smallest absolute Gasteiger partial charge is 0.245 e. The minimum absolute atomic E-state index is 0.0186. The molecule has 5 aromatic rings. The summed E-state index contributed by atoms with van der Waals surface area (Å²) in [7, 11) is 2.08. The van der Waals surface area contributed by atoms with Crippen molar-refractivity contribution in [1.29, 1.82) is 5.26 Å². The topological polar surface area (TPSA) is 105 Å². The summed E-state index contributed by atoms with van der Waals surface area (Å²) in [5.41, 5.74) is 3.06. The third-order valence-electron chi connectivity index (χ3n) is 9.57. The van der Waals surface area contributed by atoms with E-state index in [9.17, 15) is 5.26 Å². The lowest BCUT2D eigenvalue weighted by molar-refractivity contribution is 0.118. The van der Waals surface area contributed by atoms with E-state index < -0.39 is 11.6 Å². The first-order valence-electron chi connectivity index (χ1n) is 15.7. The predicted molar refractivity (Wildman–Crippen MR) is 169 cm³/mol. The summed E-state index contributed by atoms with van der Waals surface area (Å²) in [6.07, 6.45) is 3.67. The number of aryl methyl sites for hydroxylation is 2. The van der Waals surface area contributed by atoms with Crippen LogP contribution in [0.4, 0.5) is 8.78 Å². The molecule has 0 aliphatic carbocycles. The fraction of sp³-hybridized carbons (Fsp3) is 0.441. The van der Waals surface area contributed by atoms with Crippen molar-refractivity contribution >= 4 is 32.8 Å². The number of nitrogens with zero attached hydrogens (tertiary/aromatic N) is 7. The average molecular weight is 611 g/mol. The molecule has 2 fully saturated rings. The molecule has 1 N–H and O–H groups in total. The zero-order valence-corrected chi connectivity index (χ0v) is 25.9. The molecule has 0 radical (unpaired) electrons. The van der Waals surface area contributed by atoms with E-state index in [0.29, 0.717) is 46.0 Å². The van der Waals surface area contributed by atoms with Crippen LogP contribution < -0.4 is 10.1 Å². The van der Waals surface area contributed by atoms with Crippen molar-refractivity contribution in [3.8, 4) is 23.1 Å². The van der Waals surface area contributed by atoms with Crippen LogP contribution >= 0.6 is 0 Å². The van der Waals surface area contributed by atoms with Gasteiger partial charge in [-0.05, 0) is 96.4 Å². The second kappa shape index (κ2) is 11.6. The molecule has 2 saturated heterocycles. The molecular weight excluding hydrogens is 574 g/mol. The number of benzene rings is 2. The van der Waals surface area contributed by atoms with Crippen LogP contribution in [-0.4, -0.2) is 68.2 Å². The molecule has 9 nitrogen and oxygen atoms in total. The molecule has 0 bridgehead atoms. The van der Waals surface area contributed by atoms with Gasteiger partial charge in [-0.1, -0.05) is 11.3 Å². The molecule has 4 atom stereocenters. The van der Waals surface area contributed by atoms with Gasteiger partial charge >= 0.3 is 0 Å². The van der Waals surface area contributed by atoms with Crippen molar-refractivity contribution in [3.63, 3.8) is 0 Å². The number of piperidine rings is 1. The molecule has 2 aromatic carbocycles. The van der Waals surface area contributed by atoms with Gasteiger partial charge in [0.1, 0.15) is 23.0 Å². The van der Waals surface area contributed by atoms with Crippen LogP contribution in [0.3, 0.4) is 0 Å². The van der Waals surface area contributed by atoms with E-state index in [0.717, 1.165) is 37.7 Å². The Morgan fingerprint density at radius 3 is 2.69 bits per heavy atom. The second-order valence-electron chi connectivity index (χ2n) is 12.6. The molecule has 0 spiro atoms. The summed E-state index contributed by atoms with van der Waals surface area (Å²) in [6.45, 7) is 7.32. The Kier molecular flexibility index (Phi) is 7.58. The Labute approximate surface area is 260 Å². The Bertz CT molecular complexity index is 1980. The third-order valence-corrected chi connectivity index (χ3v) is 9.57. The minimum atomic E-state index is -0.641. The quantitative estimate of drug-likeness (QED) is 0.244. The number of likely N-dealkylation sites (tertiary alicyclic amines) is 1. The maximum atomic E-state index is 17.1. The molecule has 0 amide bonds. The van der Waals surface area contributed by atoms with Crippen LogP contribution in [0.15, 0.2) is 30.3 Å². The highest BCUT2D eigenvalue weighted by Gasteiger charge is 2.32. The van der Waals surface area contributed by atoms with Gasteiger partial charge in [-0.3, -0.25) is 9.88 Å². The summed E-state index contributed by atoms with van der Waals surface area (Å²) in [6, 6.07) is 11.0. The highest BCUT2D eigenvalue weighted by Crippen LogP contribution is 2.41. The molecule has 2 aliphatic rings. The Balaban J connectivity index is 1.47. The summed E-state index contributed by atoms with van der Waals surface area (Å²) in [5, 5.41) is 23.1. The van der Waals surface area contributed by atoms with E-state index in [1.165, 1.54) is 6.07 Å². The number of aromatic nitrogens is 5. The van der Waals surface area contributed by atoms with E-state index in [4.69, 9.17) is 9.72 Å². The number of hydrogen-bond acceptors (Lipinski definition) is 8. The zero-order chi connectivity index (χ0) is 31.4. The van der Waals surface area contributed by atoms with Crippen LogP contribution in [0.25, 0.3) is 44.0 Å². The van der Waals surface area contributed by atoms with E-state index in [2.05, 4.69) is 38.6 Å². The first kappa shape index (κ1) is 29.4. The first-order valence-corrected chi connectivity index (χ1v) is 15.7. The minimum Gasteiger partial charge on any atom is -0.471 e. The molecule has 3 aromatic heterocycles. The molecule has 0 saturated carbocycles. The van der Waals surface area contributed by atoms with Gasteiger partial charge in [0.05, 0.1) is 24.0 Å². The van der Waals surface area contributed by atoms with Crippen LogP contribution in [0.5, 0.6) is 5.88 Å². The van der Waals surface area contributed by atoms with E-state index in [-0.39, 0.29) is 46.8 Å². The number of nitriles is 1. The molecule has 5 heterocycles. The van der Waals surface area contributed by atoms with Crippen molar-refractivity contribution in [2.75, 3.05) is 20.1 Å². The number of nitrogens with one attached hydrogen (secondary N) is 1. The Morgan fingerprint density at radius 1 is 1.09 bits per heavy atom. The van der Waals surface area contributed by atoms with E-state index in [1.54, 1.807) is 13.0 Å². The molecule has 11 heteroatoms. The van der Waals surface area contributed by atoms with Gasteiger partial charge < -0.3 is 10.1 Å². The van der Waals surface area contributed by atoms with Crippen LogP contribution in [0.1, 0.15) is 56.3 Å². The number of fused-ring (bicyclic) bond motifs is 4. The Hall–Kier alpha value is -4.27. The number of likely N-dealkylation sites (N-methyl/N-ethyl adjacent to an activating group) is 1. The summed E-state index contributed by atoms with van der Waals surface area (Å²) >= 11 is 0. The average Bonchev–Trinajstić information content (AvgIpc) is 3.66. The van der Waals surface area contributed by atoms with Crippen LogP contribution in [0, 0.1) is 36.8 Å². The lowest BCUT2D eigenvalue weighted by Gasteiger charge is -2.29. The lowest BCUT2D eigenvalue weighted by atomic mass is 9.94. The van der Waals surface area contributed by atoms with Crippen molar-refractivity contribution < 1.29 is 13.5 Å². The number of ether oxygens (including phenoxy) is 1. The highest BCUT2D eigenvalue weighted by atomic mass is 19.1. The molecule has 7 rings (SSSR count). The van der Waals surface area contributed by atoms with Gasteiger partial charge in [0.2, 0.25) is 5.88 Å². The fourth-order valence-electron chi connectivity index (χ4n) is 7.30. The van der Waals surface area contributed by atoms with Gasteiger partial charge in [-0.25, -0.2) is 18.4 Å². The SMILES string of the molecule is Cc1ccc2ccc(F)c(-c3c(C)cc4c(nc(O[C@@H](C)[C@@H]5CCCN5C)c5nnn([C@H]6CCN[C@H](CC#N)C6)c54)c3F)c2n1. The lowest BCUT2D eigenvalue weighted by Crippen LogP contribution is -2.39. The van der Waals surface area contributed by atoms with Gasteiger partial charge in [-0.15, -0.1) is 5.10 Å². The number of hydrogen-bond donors (Lipinski definition) is 1. The largest absolute Gasteiger partial charge is 0.471 e. The van der Waals surface area contributed by atoms with E-state index >= 15 is 8.78 Å². The zero-order valence-electron chi connectivity index (χ0n) is 25.9. The number of halogens is 2. The second-order valence-corrected chi connectivity index (χ2v) is 12.6. The van der Waals surface area contributed by atoms with Crippen molar-refractivity contribution in [2.45, 2.75) is 77.1 Å². The summed E-state index contributed by atoms with van der Waals surface area (Å²) < 4.78 is 41.1. The fourth-order valence-corrected chi connectivity index (χ4v) is 7.30. The van der Waals surface area contributed by atoms with Crippen LogP contribution in [-0.2, 0) is 0 Å². The third kappa shape index (κ3) is 5.06. The summed E-state index contributed by atoms with van der Waals surface area (Å²) in [5.74, 6) is -0.986. The van der Waals surface area contributed by atoms with Crippen molar-refractivity contribution in [1.82, 2.24) is 35.2 Å². The standard InChI is InChI=1S/C34H36F2N8O/c1-18-16-24-31(29(36)27(18)28-25(35)10-9-21-8-7-19(2)39-30(21)28)40-34(45-20(3)26-6-5-15-43(26)4)32-33(24)44(42-41-32)23-12-14-38-22(17-23)11-13-37/h7-10,16,20,22-23,26,38H,5-6,11-12,14-15,17H2,1-4H3/t20-,22+,23-,26-/m0/s1. The monoisotopic (exact) mass is 610 g/mol. The molecule has 232 valence electrons. The van der Waals surface area contributed by atoms with Gasteiger partial charge in [0, 0.05) is 39.7 Å². The van der Waals surface area contributed by atoms with Crippen LogP contribution in [0.2, 0.25) is 0 Å². The molecule has 0 unspecified atom stereocenters. The van der Waals surface area contributed by atoms with Gasteiger partial charge in [0.15, 0.2) is 11.3 Å².